The van der Waals surface area contributed by atoms with Crippen molar-refractivity contribution in [1.29, 1.82) is 0 Å². The number of benzene rings is 1. The fourth-order valence-electron chi connectivity index (χ4n) is 2.37. The summed E-state index contributed by atoms with van der Waals surface area (Å²) in [6, 6.07) is 5.52. The van der Waals surface area contributed by atoms with E-state index in [4.69, 9.17) is 20.1 Å². The largest absolute Gasteiger partial charge is 0.497 e. The lowest BCUT2D eigenvalue weighted by Crippen LogP contribution is -2.46. The molecule has 0 heterocycles. The fraction of sp³-hybridized carbons (Fsp3) is 0.600. The highest BCUT2D eigenvalue weighted by atomic mass is 16.5. The summed E-state index contributed by atoms with van der Waals surface area (Å²) < 4.78 is 16.6. The molecule has 2 atom stereocenters. The molecule has 0 fully saturated rings. The average Bonchev–Trinajstić information content (AvgIpc) is 2.48. The molecule has 0 saturated heterocycles. The van der Waals surface area contributed by atoms with E-state index in [9.17, 15) is 0 Å². The van der Waals surface area contributed by atoms with Crippen LogP contribution in [0.15, 0.2) is 18.2 Å². The molecule has 0 aliphatic rings. The van der Waals surface area contributed by atoms with Crippen LogP contribution >= 0.6 is 0 Å². The van der Waals surface area contributed by atoms with Gasteiger partial charge in [0.2, 0.25) is 0 Å². The van der Waals surface area contributed by atoms with Crippen molar-refractivity contribution in [1.82, 2.24) is 5.43 Å². The zero-order chi connectivity index (χ0) is 15.2. The smallest absolute Gasteiger partial charge is 0.127 e. The van der Waals surface area contributed by atoms with Crippen LogP contribution in [-0.4, -0.2) is 26.4 Å². The van der Waals surface area contributed by atoms with E-state index in [1.54, 1.807) is 14.2 Å². The zero-order valence-electron chi connectivity index (χ0n) is 13.0. The SMILES string of the molecule is CCOC(C)(CC)C(NN)c1ccc(OC)cc1OC. The molecule has 0 spiro atoms. The summed E-state index contributed by atoms with van der Waals surface area (Å²) in [5, 5.41) is 0. The Balaban J connectivity index is 3.23. The lowest BCUT2D eigenvalue weighted by atomic mass is 9.87. The van der Waals surface area contributed by atoms with Crippen molar-refractivity contribution in [2.45, 2.75) is 38.8 Å². The normalized spacial score (nSPS) is 15.5. The molecule has 2 unspecified atom stereocenters. The highest BCUT2D eigenvalue weighted by molar-refractivity contribution is 5.43. The highest BCUT2D eigenvalue weighted by Gasteiger charge is 2.35. The first-order valence-electron chi connectivity index (χ1n) is 6.88. The van der Waals surface area contributed by atoms with Gasteiger partial charge < -0.3 is 14.2 Å². The Morgan fingerprint density at radius 2 is 1.95 bits per heavy atom. The summed E-state index contributed by atoms with van der Waals surface area (Å²) >= 11 is 0. The van der Waals surface area contributed by atoms with Crippen LogP contribution in [0.5, 0.6) is 11.5 Å². The van der Waals surface area contributed by atoms with Crippen LogP contribution in [0.2, 0.25) is 0 Å². The van der Waals surface area contributed by atoms with Gasteiger partial charge in [-0.05, 0) is 32.4 Å². The number of hydrazine groups is 1. The van der Waals surface area contributed by atoms with E-state index in [2.05, 4.69) is 12.3 Å². The molecule has 5 nitrogen and oxygen atoms in total. The van der Waals surface area contributed by atoms with E-state index in [1.807, 2.05) is 32.0 Å². The van der Waals surface area contributed by atoms with Gasteiger partial charge in [-0.25, -0.2) is 5.43 Å². The van der Waals surface area contributed by atoms with Gasteiger partial charge in [0.15, 0.2) is 0 Å². The second kappa shape index (κ2) is 7.47. The highest BCUT2D eigenvalue weighted by Crippen LogP contribution is 2.37. The lowest BCUT2D eigenvalue weighted by Gasteiger charge is -2.37. The Morgan fingerprint density at radius 1 is 1.25 bits per heavy atom. The molecule has 20 heavy (non-hydrogen) atoms. The van der Waals surface area contributed by atoms with Crippen molar-refractivity contribution in [3.8, 4) is 11.5 Å². The number of methoxy groups -OCH3 is 2. The summed E-state index contributed by atoms with van der Waals surface area (Å²) in [7, 11) is 3.26. The summed E-state index contributed by atoms with van der Waals surface area (Å²) in [5.74, 6) is 7.25. The van der Waals surface area contributed by atoms with E-state index < -0.39 is 5.60 Å². The lowest BCUT2D eigenvalue weighted by molar-refractivity contribution is -0.0568. The molecule has 1 aromatic rings. The van der Waals surface area contributed by atoms with E-state index >= 15 is 0 Å². The molecule has 0 aromatic heterocycles. The van der Waals surface area contributed by atoms with E-state index in [0.29, 0.717) is 6.61 Å². The topological polar surface area (TPSA) is 65.7 Å². The molecule has 0 saturated carbocycles. The maximum atomic E-state index is 5.91. The predicted molar refractivity (Wildman–Crippen MR) is 79.9 cm³/mol. The van der Waals surface area contributed by atoms with Gasteiger partial charge in [-0.3, -0.25) is 5.84 Å². The first-order valence-corrected chi connectivity index (χ1v) is 6.88. The fourth-order valence-corrected chi connectivity index (χ4v) is 2.37. The Labute approximate surface area is 121 Å². The number of hydrogen-bond acceptors (Lipinski definition) is 5. The van der Waals surface area contributed by atoms with Crippen LogP contribution in [0.25, 0.3) is 0 Å². The predicted octanol–water partition coefficient (Wildman–Crippen LogP) is 2.41. The Kier molecular flexibility index (Phi) is 6.26. The minimum atomic E-state index is -0.411. The monoisotopic (exact) mass is 282 g/mol. The first-order chi connectivity index (χ1) is 9.56. The van der Waals surface area contributed by atoms with E-state index in [0.717, 1.165) is 23.5 Å². The quantitative estimate of drug-likeness (QED) is 0.566. The van der Waals surface area contributed by atoms with Crippen LogP contribution in [0, 0.1) is 0 Å². The number of nitrogens with one attached hydrogen (secondary N) is 1. The molecular formula is C15H26N2O3. The van der Waals surface area contributed by atoms with Gasteiger partial charge in [0.05, 0.1) is 25.9 Å². The number of ether oxygens (including phenoxy) is 3. The van der Waals surface area contributed by atoms with Gasteiger partial charge in [-0.15, -0.1) is 0 Å². The maximum absolute atomic E-state index is 5.91. The second-order valence-corrected chi connectivity index (χ2v) is 4.81. The van der Waals surface area contributed by atoms with Gasteiger partial charge in [-0.2, -0.15) is 0 Å². The number of hydrogen-bond donors (Lipinski definition) is 2. The molecule has 1 rings (SSSR count). The van der Waals surface area contributed by atoms with E-state index in [1.165, 1.54) is 0 Å². The zero-order valence-corrected chi connectivity index (χ0v) is 13.0. The molecule has 0 bridgehead atoms. The van der Waals surface area contributed by atoms with Crippen LogP contribution in [0.4, 0.5) is 0 Å². The van der Waals surface area contributed by atoms with Crippen molar-refractivity contribution < 1.29 is 14.2 Å². The van der Waals surface area contributed by atoms with Crippen molar-refractivity contribution >= 4 is 0 Å². The van der Waals surface area contributed by atoms with Crippen LogP contribution in [0.1, 0.15) is 38.8 Å². The summed E-state index contributed by atoms with van der Waals surface area (Å²) in [4.78, 5) is 0. The molecule has 1 aromatic carbocycles. The minimum Gasteiger partial charge on any atom is -0.497 e. The first kappa shape index (κ1) is 16.8. The summed E-state index contributed by atoms with van der Waals surface area (Å²) in [6.07, 6.45) is 0.824. The average molecular weight is 282 g/mol. The Bertz CT molecular complexity index is 426. The second-order valence-electron chi connectivity index (χ2n) is 4.81. The van der Waals surface area contributed by atoms with Crippen LogP contribution in [-0.2, 0) is 4.74 Å². The molecule has 5 heteroatoms. The van der Waals surface area contributed by atoms with E-state index in [-0.39, 0.29) is 6.04 Å². The number of rotatable bonds is 8. The van der Waals surface area contributed by atoms with Crippen molar-refractivity contribution in [3.63, 3.8) is 0 Å². The summed E-state index contributed by atoms with van der Waals surface area (Å²) in [5.41, 5.74) is 3.40. The number of nitrogens with two attached hydrogens (primary N) is 1. The van der Waals surface area contributed by atoms with Gasteiger partial charge in [-0.1, -0.05) is 6.92 Å². The van der Waals surface area contributed by atoms with Crippen LogP contribution < -0.4 is 20.7 Å². The molecule has 3 N–H and O–H groups in total. The van der Waals surface area contributed by atoms with Crippen molar-refractivity contribution in [2.24, 2.45) is 5.84 Å². The van der Waals surface area contributed by atoms with Crippen molar-refractivity contribution in [3.05, 3.63) is 23.8 Å². The maximum Gasteiger partial charge on any atom is 0.127 e. The third kappa shape index (κ3) is 3.42. The third-order valence-electron chi connectivity index (χ3n) is 3.71. The Morgan fingerprint density at radius 3 is 2.40 bits per heavy atom. The molecule has 0 radical (unpaired) electrons. The Hall–Kier alpha value is -1.30. The molecular weight excluding hydrogens is 256 g/mol. The molecule has 0 amide bonds. The minimum absolute atomic E-state index is 0.173. The summed E-state index contributed by atoms with van der Waals surface area (Å²) in [6.45, 7) is 6.73. The van der Waals surface area contributed by atoms with Crippen LogP contribution in [0.3, 0.4) is 0 Å². The van der Waals surface area contributed by atoms with Gasteiger partial charge in [0.1, 0.15) is 11.5 Å². The van der Waals surface area contributed by atoms with Crippen molar-refractivity contribution in [2.75, 3.05) is 20.8 Å². The van der Waals surface area contributed by atoms with Gasteiger partial charge in [0, 0.05) is 18.2 Å². The molecule has 114 valence electrons. The standard InChI is InChI=1S/C15H26N2O3/c1-6-15(3,20-7-2)14(17-16)12-9-8-11(18-4)10-13(12)19-5/h8-10,14,17H,6-7,16H2,1-5H3. The van der Waals surface area contributed by atoms with Gasteiger partial charge >= 0.3 is 0 Å². The molecule has 0 aliphatic carbocycles. The van der Waals surface area contributed by atoms with Gasteiger partial charge in [0.25, 0.3) is 0 Å². The third-order valence-corrected chi connectivity index (χ3v) is 3.71. The molecule has 0 aliphatic heterocycles.